The second-order valence-corrected chi connectivity index (χ2v) is 5.20. The molecule has 0 fully saturated rings. The first kappa shape index (κ1) is 17.7. The van der Waals surface area contributed by atoms with Crippen LogP contribution < -0.4 is 19.5 Å². The van der Waals surface area contributed by atoms with E-state index in [0.29, 0.717) is 27.8 Å². The lowest BCUT2D eigenvalue weighted by Crippen LogP contribution is -2.01. The lowest BCUT2D eigenvalue weighted by Gasteiger charge is -2.13. The standard InChI is InChI=1S/C18H18ClNO4/c1-22-16-10-12(11-17(23-2)18(16)24-3)15(21)8-9-20-14-6-4-13(19)5-7-14/h4-11,20H,1-3H3/b9-8+. The molecule has 2 aromatic carbocycles. The number of hydrogen-bond acceptors (Lipinski definition) is 5. The molecule has 24 heavy (non-hydrogen) atoms. The van der Waals surface area contributed by atoms with Crippen molar-refractivity contribution in [3.8, 4) is 17.2 Å². The minimum atomic E-state index is -0.198. The van der Waals surface area contributed by atoms with E-state index in [0.717, 1.165) is 5.69 Å². The number of rotatable bonds is 7. The molecular formula is C18H18ClNO4. The minimum Gasteiger partial charge on any atom is -0.493 e. The van der Waals surface area contributed by atoms with Gasteiger partial charge < -0.3 is 19.5 Å². The van der Waals surface area contributed by atoms with Crippen LogP contribution in [0, 0.1) is 0 Å². The summed E-state index contributed by atoms with van der Waals surface area (Å²) >= 11 is 5.82. The van der Waals surface area contributed by atoms with Gasteiger partial charge in [0.2, 0.25) is 5.75 Å². The number of ether oxygens (including phenoxy) is 3. The van der Waals surface area contributed by atoms with E-state index in [9.17, 15) is 4.79 Å². The molecule has 126 valence electrons. The van der Waals surface area contributed by atoms with E-state index in [1.165, 1.54) is 27.4 Å². The second kappa shape index (κ2) is 8.26. The zero-order chi connectivity index (χ0) is 17.5. The topological polar surface area (TPSA) is 56.8 Å². The zero-order valence-corrected chi connectivity index (χ0v) is 14.4. The number of methoxy groups -OCH3 is 3. The maximum absolute atomic E-state index is 12.3. The number of carbonyl (C=O) groups excluding carboxylic acids is 1. The Kier molecular flexibility index (Phi) is 6.09. The Morgan fingerprint density at radius 2 is 1.58 bits per heavy atom. The van der Waals surface area contributed by atoms with Gasteiger partial charge in [-0.2, -0.15) is 0 Å². The third-order valence-corrected chi connectivity index (χ3v) is 3.53. The van der Waals surface area contributed by atoms with Gasteiger partial charge in [0.25, 0.3) is 0 Å². The van der Waals surface area contributed by atoms with Crippen molar-refractivity contribution in [2.75, 3.05) is 26.6 Å². The fourth-order valence-corrected chi connectivity index (χ4v) is 2.21. The van der Waals surface area contributed by atoms with Crippen molar-refractivity contribution in [1.82, 2.24) is 0 Å². The molecule has 0 aromatic heterocycles. The predicted octanol–water partition coefficient (Wildman–Crippen LogP) is 4.17. The van der Waals surface area contributed by atoms with Crippen molar-refractivity contribution in [3.63, 3.8) is 0 Å². The summed E-state index contributed by atoms with van der Waals surface area (Å²) in [6, 6.07) is 10.4. The first-order valence-electron chi connectivity index (χ1n) is 7.12. The number of nitrogens with one attached hydrogen (secondary N) is 1. The average molecular weight is 348 g/mol. The Bertz CT molecular complexity index is 716. The highest BCUT2D eigenvalue weighted by molar-refractivity contribution is 6.30. The lowest BCUT2D eigenvalue weighted by molar-refractivity contribution is 0.104. The van der Waals surface area contributed by atoms with E-state index in [-0.39, 0.29) is 5.78 Å². The number of ketones is 1. The van der Waals surface area contributed by atoms with Gasteiger partial charge in [-0.25, -0.2) is 0 Å². The Labute approximate surface area is 145 Å². The molecule has 1 N–H and O–H groups in total. The van der Waals surface area contributed by atoms with E-state index < -0.39 is 0 Å². The molecule has 0 radical (unpaired) electrons. The smallest absolute Gasteiger partial charge is 0.203 e. The fraction of sp³-hybridized carbons (Fsp3) is 0.167. The Hall–Kier alpha value is -2.66. The van der Waals surface area contributed by atoms with Crippen LogP contribution in [0.2, 0.25) is 5.02 Å². The normalized spacial score (nSPS) is 10.5. The second-order valence-electron chi connectivity index (χ2n) is 4.76. The number of carbonyl (C=O) groups is 1. The summed E-state index contributed by atoms with van der Waals surface area (Å²) in [5.41, 5.74) is 1.26. The van der Waals surface area contributed by atoms with Crippen LogP contribution in [0.25, 0.3) is 0 Å². The van der Waals surface area contributed by atoms with Gasteiger partial charge in [0, 0.05) is 28.5 Å². The van der Waals surface area contributed by atoms with Crippen molar-refractivity contribution in [2.45, 2.75) is 0 Å². The molecule has 2 aromatic rings. The largest absolute Gasteiger partial charge is 0.493 e. The molecule has 0 aliphatic rings. The summed E-state index contributed by atoms with van der Waals surface area (Å²) in [7, 11) is 4.52. The van der Waals surface area contributed by atoms with Crippen LogP contribution in [0.3, 0.4) is 0 Å². The van der Waals surface area contributed by atoms with Crippen LogP contribution in [0.4, 0.5) is 5.69 Å². The number of benzene rings is 2. The summed E-state index contributed by atoms with van der Waals surface area (Å²) in [6.07, 6.45) is 2.99. The van der Waals surface area contributed by atoms with E-state index in [1.54, 1.807) is 30.5 Å². The molecule has 0 aliphatic carbocycles. The summed E-state index contributed by atoms with van der Waals surface area (Å²) in [6.45, 7) is 0. The van der Waals surface area contributed by atoms with Gasteiger partial charge in [0.1, 0.15) is 0 Å². The van der Waals surface area contributed by atoms with Crippen LogP contribution in [0.15, 0.2) is 48.7 Å². The highest BCUT2D eigenvalue weighted by Gasteiger charge is 2.15. The molecule has 0 saturated carbocycles. The van der Waals surface area contributed by atoms with Crippen LogP contribution in [0.1, 0.15) is 10.4 Å². The van der Waals surface area contributed by atoms with Gasteiger partial charge in [-0.15, -0.1) is 0 Å². The maximum Gasteiger partial charge on any atom is 0.203 e. The number of allylic oxidation sites excluding steroid dienone is 1. The van der Waals surface area contributed by atoms with Crippen LogP contribution in [-0.2, 0) is 0 Å². The highest BCUT2D eigenvalue weighted by atomic mass is 35.5. The first-order valence-corrected chi connectivity index (χ1v) is 7.49. The molecule has 0 amide bonds. The van der Waals surface area contributed by atoms with Gasteiger partial charge in [-0.1, -0.05) is 11.6 Å². The summed E-state index contributed by atoms with van der Waals surface area (Å²) in [4.78, 5) is 12.3. The van der Waals surface area contributed by atoms with Gasteiger partial charge in [-0.05, 0) is 36.4 Å². The van der Waals surface area contributed by atoms with E-state index in [2.05, 4.69) is 5.32 Å². The third kappa shape index (κ3) is 4.20. The van der Waals surface area contributed by atoms with Crippen molar-refractivity contribution < 1.29 is 19.0 Å². The summed E-state index contributed by atoms with van der Waals surface area (Å²) < 4.78 is 15.7. The van der Waals surface area contributed by atoms with Gasteiger partial charge >= 0.3 is 0 Å². The Morgan fingerprint density at radius 3 is 2.08 bits per heavy atom. The molecular weight excluding hydrogens is 330 g/mol. The van der Waals surface area contributed by atoms with Crippen LogP contribution in [-0.4, -0.2) is 27.1 Å². The maximum atomic E-state index is 12.3. The first-order chi connectivity index (χ1) is 11.6. The SMILES string of the molecule is COc1cc(C(=O)/C=C/Nc2ccc(Cl)cc2)cc(OC)c1OC. The highest BCUT2D eigenvalue weighted by Crippen LogP contribution is 2.38. The van der Waals surface area contributed by atoms with Gasteiger partial charge in [0.05, 0.1) is 21.3 Å². The number of halogens is 1. The fourth-order valence-electron chi connectivity index (χ4n) is 2.08. The van der Waals surface area contributed by atoms with Crippen LogP contribution >= 0.6 is 11.6 Å². The molecule has 2 rings (SSSR count). The zero-order valence-electron chi connectivity index (χ0n) is 13.6. The Balaban J connectivity index is 2.16. The Morgan fingerprint density at radius 1 is 1.00 bits per heavy atom. The molecule has 6 heteroatoms. The average Bonchev–Trinajstić information content (AvgIpc) is 2.61. The van der Waals surface area contributed by atoms with E-state index in [4.69, 9.17) is 25.8 Å². The van der Waals surface area contributed by atoms with Crippen molar-refractivity contribution in [1.29, 1.82) is 0 Å². The molecule has 0 spiro atoms. The number of anilines is 1. The molecule has 0 heterocycles. The summed E-state index contributed by atoms with van der Waals surface area (Å²) in [5, 5.41) is 3.66. The van der Waals surface area contributed by atoms with Crippen molar-refractivity contribution in [2.24, 2.45) is 0 Å². The lowest BCUT2D eigenvalue weighted by atomic mass is 10.1. The van der Waals surface area contributed by atoms with Crippen LogP contribution in [0.5, 0.6) is 17.2 Å². The van der Waals surface area contributed by atoms with E-state index >= 15 is 0 Å². The van der Waals surface area contributed by atoms with Gasteiger partial charge in [0.15, 0.2) is 17.3 Å². The third-order valence-electron chi connectivity index (χ3n) is 3.28. The van der Waals surface area contributed by atoms with Gasteiger partial charge in [-0.3, -0.25) is 4.79 Å². The molecule has 0 atom stereocenters. The van der Waals surface area contributed by atoms with E-state index in [1.807, 2.05) is 12.1 Å². The molecule has 0 aliphatic heterocycles. The van der Waals surface area contributed by atoms with Crippen molar-refractivity contribution >= 4 is 23.1 Å². The van der Waals surface area contributed by atoms with Crippen molar-refractivity contribution in [3.05, 3.63) is 59.3 Å². The predicted molar refractivity (Wildman–Crippen MR) is 94.6 cm³/mol. The minimum absolute atomic E-state index is 0.198. The molecule has 0 bridgehead atoms. The molecule has 0 unspecified atom stereocenters. The summed E-state index contributed by atoms with van der Waals surface area (Å²) in [5.74, 6) is 1.11. The molecule has 5 nitrogen and oxygen atoms in total. The molecule has 0 saturated heterocycles. The number of hydrogen-bond donors (Lipinski definition) is 1. The monoisotopic (exact) mass is 347 g/mol. The quantitative estimate of drug-likeness (QED) is 0.601.